The average Bonchev–Trinajstić information content (AvgIpc) is 3.81. The van der Waals surface area contributed by atoms with Gasteiger partial charge in [0, 0.05) is 29.9 Å². The van der Waals surface area contributed by atoms with Gasteiger partial charge in [0.2, 0.25) is 23.6 Å². The summed E-state index contributed by atoms with van der Waals surface area (Å²) in [6, 6.07) is 4.92. The van der Waals surface area contributed by atoms with E-state index < -0.39 is 29.6 Å². The Morgan fingerprint density at radius 1 is 0.956 bits per heavy atom. The van der Waals surface area contributed by atoms with Crippen LogP contribution in [0.25, 0.3) is 0 Å². The van der Waals surface area contributed by atoms with E-state index in [0.717, 1.165) is 5.56 Å². The Kier molecular flexibility index (Phi) is 7.54. The minimum Gasteiger partial charge on any atom is -0.368 e. The largest absolute Gasteiger partial charge is 0.368 e. The number of hydrogen-bond acceptors (Lipinski definition) is 5. The van der Waals surface area contributed by atoms with Crippen LogP contribution in [-0.4, -0.2) is 98.0 Å². The molecule has 8 atom stereocenters. The first-order valence-electron chi connectivity index (χ1n) is 16.3. The van der Waals surface area contributed by atoms with E-state index in [1.165, 1.54) is 0 Å². The van der Waals surface area contributed by atoms with Crippen LogP contribution in [0.2, 0.25) is 5.02 Å². The molecule has 5 amide bonds. The standard InChI is InChI=1S/C34H40ClN5O5/c1-20(19-22-5-2-3-6-25(22)35)30(42)38-17-4-15-34(38)16-13-24-10-12-27(40(24)33(34)45)31(43)37-18-14-21-7-8-23-9-11-26(29(36)41)39(23)32(44)28(21)37/h2-3,5-8,13,16,20-21,23-24,26-28H,4,9-12,14-15,17-19H2,1H3,(H2,36,41)/t20-,21-,23-,24-,26-,27-,28-,34+/m0/s1. The van der Waals surface area contributed by atoms with Gasteiger partial charge in [0.05, 0.1) is 12.1 Å². The van der Waals surface area contributed by atoms with Gasteiger partial charge in [-0.25, -0.2) is 0 Å². The fraction of sp³-hybridized carbons (Fsp3) is 0.559. The molecular formula is C34H40ClN5O5. The highest BCUT2D eigenvalue weighted by atomic mass is 35.5. The highest BCUT2D eigenvalue weighted by molar-refractivity contribution is 6.31. The summed E-state index contributed by atoms with van der Waals surface area (Å²) < 4.78 is 0. The third kappa shape index (κ3) is 4.70. The molecule has 0 bridgehead atoms. The van der Waals surface area contributed by atoms with Crippen molar-refractivity contribution in [2.24, 2.45) is 17.6 Å². The van der Waals surface area contributed by atoms with Crippen molar-refractivity contribution in [3.63, 3.8) is 0 Å². The van der Waals surface area contributed by atoms with Crippen molar-refractivity contribution < 1.29 is 24.0 Å². The molecule has 1 aromatic rings. The SMILES string of the molecule is C[C@@H](Cc1ccccc1Cl)C(=O)N1CCC[C@]12C=C[C@@H]1CC[C@@H](C(=O)N3CC[C@@H]4C=C[C@H]5CC[C@@H](C(N)=O)N5C(=O)[C@H]43)N1C2=O. The van der Waals surface area contributed by atoms with Crippen molar-refractivity contribution in [3.05, 3.63) is 59.2 Å². The molecule has 6 heterocycles. The number of hydrogen-bond donors (Lipinski definition) is 1. The number of halogens is 1. The average molecular weight is 634 g/mol. The van der Waals surface area contributed by atoms with Gasteiger partial charge < -0.3 is 25.3 Å². The molecule has 45 heavy (non-hydrogen) atoms. The van der Waals surface area contributed by atoms with E-state index in [9.17, 15) is 24.0 Å². The van der Waals surface area contributed by atoms with E-state index >= 15 is 0 Å². The summed E-state index contributed by atoms with van der Waals surface area (Å²) in [6.07, 6.45) is 12.5. The van der Waals surface area contributed by atoms with Gasteiger partial charge in [0.1, 0.15) is 23.7 Å². The van der Waals surface area contributed by atoms with Crippen LogP contribution in [0.1, 0.15) is 57.4 Å². The van der Waals surface area contributed by atoms with Crippen molar-refractivity contribution in [3.8, 4) is 0 Å². The number of fused-ring (bicyclic) bond motifs is 3. The van der Waals surface area contributed by atoms with Gasteiger partial charge in [0.15, 0.2) is 0 Å². The minimum atomic E-state index is -1.13. The topological polar surface area (TPSA) is 124 Å². The zero-order valence-electron chi connectivity index (χ0n) is 25.5. The van der Waals surface area contributed by atoms with Gasteiger partial charge in [-0.3, -0.25) is 24.0 Å². The molecule has 0 radical (unpaired) electrons. The molecule has 7 rings (SSSR count). The number of primary amides is 1. The third-order valence-corrected chi connectivity index (χ3v) is 11.4. The van der Waals surface area contributed by atoms with E-state index in [2.05, 4.69) is 0 Å². The molecule has 10 nitrogen and oxygen atoms in total. The normalized spacial score (nSPS) is 34.3. The lowest BCUT2D eigenvalue weighted by Gasteiger charge is -2.45. The first-order valence-corrected chi connectivity index (χ1v) is 16.7. The molecule has 4 fully saturated rings. The molecule has 1 aromatic carbocycles. The Morgan fingerprint density at radius 2 is 1.69 bits per heavy atom. The predicted molar refractivity (Wildman–Crippen MR) is 166 cm³/mol. The summed E-state index contributed by atoms with van der Waals surface area (Å²) in [4.78, 5) is 75.6. The summed E-state index contributed by atoms with van der Waals surface area (Å²) in [7, 11) is 0. The summed E-state index contributed by atoms with van der Waals surface area (Å²) in [5.41, 5.74) is 5.43. The minimum absolute atomic E-state index is 0.103. The van der Waals surface area contributed by atoms with E-state index in [-0.39, 0.29) is 47.5 Å². The molecule has 6 aliphatic heterocycles. The molecule has 2 N–H and O–H groups in total. The number of rotatable bonds is 5. The smallest absolute Gasteiger partial charge is 0.253 e. The summed E-state index contributed by atoms with van der Waals surface area (Å²) >= 11 is 6.39. The van der Waals surface area contributed by atoms with Crippen LogP contribution in [0.3, 0.4) is 0 Å². The Morgan fingerprint density at radius 3 is 2.44 bits per heavy atom. The maximum absolute atomic E-state index is 14.5. The van der Waals surface area contributed by atoms with Crippen LogP contribution < -0.4 is 5.73 Å². The number of benzene rings is 1. The maximum atomic E-state index is 14.5. The molecule has 0 unspecified atom stereocenters. The second-order valence-corrected chi connectivity index (χ2v) is 14.0. The van der Waals surface area contributed by atoms with Gasteiger partial charge in [0.25, 0.3) is 5.91 Å². The highest BCUT2D eigenvalue weighted by Gasteiger charge is 2.58. The Labute approximate surface area is 268 Å². The van der Waals surface area contributed by atoms with Crippen molar-refractivity contribution in [2.75, 3.05) is 13.1 Å². The van der Waals surface area contributed by atoms with E-state index in [4.69, 9.17) is 17.3 Å². The van der Waals surface area contributed by atoms with Crippen molar-refractivity contribution >= 4 is 41.1 Å². The van der Waals surface area contributed by atoms with Crippen LogP contribution in [0.4, 0.5) is 0 Å². The van der Waals surface area contributed by atoms with Crippen LogP contribution >= 0.6 is 11.6 Å². The fourth-order valence-corrected chi connectivity index (χ4v) is 9.05. The molecule has 1 spiro atoms. The molecule has 4 saturated heterocycles. The molecule has 0 saturated carbocycles. The predicted octanol–water partition coefficient (Wildman–Crippen LogP) is 2.44. The second kappa shape index (κ2) is 11.3. The van der Waals surface area contributed by atoms with Gasteiger partial charge >= 0.3 is 0 Å². The lowest BCUT2D eigenvalue weighted by molar-refractivity contribution is -0.157. The zero-order chi connectivity index (χ0) is 31.6. The number of nitrogens with zero attached hydrogens (tertiary/aromatic N) is 4. The molecule has 6 aliphatic rings. The van der Waals surface area contributed by atoms with Crippen molar-refractivity contribution in [1.82, 2.24) is 19.6 Å². The van der Waals surface area contributed by atoms with Crippen LogP contribution in [-0.2, 0) is 30.4 Å². The number of carbonyl (C=O) groups excluding carboxylic acids is 5. The molecule has 11 heteroatoms. The zero-order valence-corrected chi connectivity index (χ0v) is 26.3. The number of nitrogens with two attached hydrogens (primary N) is 1. The van der Waals surface area contributed by atoms with Crippen molar-refractivity contribution in [1.29, 1.82) is 0 Å². The van der Waals surface area contributed by atoms with Crippen LogP contribution in [0, 0.1) is 11.8 Å². The monoisotopic (exact) mass is 633 g/mol. The maximum Gasteiger partial charge on any atom is 0.253 e. The lowest BCUT2D eigenvalue weighted by Crippen LogP contribution is -2.64. The first kappa shape index (κ1) is 30.0. The van der Waals surface area contributed by atoms with E-state index in [1.807, 2.05) is 55.5 Å². The van der Waals surface area contributed by atoms with Crippen LogP contribution in [0.5, 0.6) is 0 Å². The van der Waals surface area contributed by atoms with Crippen molar-refractivity contribution in [2.45, 2.75) is 94.0 Å². The third-order valence-electron chi connectivity index (χ3n) is 11.1. The first-order chi connectivity index (χ1) is 21.6. The van der Waals surface area contributed by atoms with E-state index in [0.29, 0.717) is 69.5 Å². The quantitative estimate of drug-likeness (QED) is 0.499. The second-order valence-electron chi connectivity index (χ2n) is 13.6. The number of likely N-dealkylation sites (tertiary alicyclic amines) is 2. The Hall–Kier alpha value is -3.66. The van der Waals surface area contributed by atoms with Gasteiger partial charge in [-0.1, -0.05) is 61.0 Å². The van der Waals surface area contributed by atoms with Crippen LogP contribution in [0.15, 0.2) is 48.6 Å². The van der Waals surface area contributed by atoms with E-state index in [1.54, 1.807) is 19.6 Å². The fourth-order valence-electron chi connectivity index (χ4n) is 8.84. The highest BCUT2D eigenvalue weighted by Crippen LogP contribution is 2.43. The number of carbonyl (C=O) groups is 5. The molecule has 238 valence electrons. The Bertz CT molecular complexity index is 1510. The summed E-state index contributed by atoms with van der Waals surface area (Å²) in [5, 5.41) is 0.611. The summed E-state index contributed by atoms with van der Waals surface area (Å²) in [6.45, 7) is 2.74. The van der Waals surface area contributed by atoms with Gasteiger partial charge in [-0.15, -0.1) is 0 Å². The molecular weight excluding hydrogens is 594 g/mol. The molecule has 0 aliphatic carbocycles. The van der Waals surface area contributed by atoms with Gasteiger partial charge in [-0.2, -0.15) is 0 Å². The van der Waals surface area contributed by atoms with Gasteiger partial charge in [-0.05, 0) is 63.0 Å². The Balaban J connectivity index is 1.12. The summed E-state index contributed by atoms with van der Waals surface area (Å²) in [5.74, 6) is -1.85. The number of amides is 5. The lowest BCUT2D eigenvalue weighted by atomic mass is 9.87. The molecule has 0 aromatic heterocycles.